The standard InChI is InChI=1S/C13H21NO2/c14-1-2-16-12(15)13-6-9-3-10(7-13)5-11(4-9)8-13/h9-11H,1-8,14H2. The second-order valence-electron chi connectivity index (χ2n) is 6.12. The second-order valence-corrected chi connectivity index (χ2v) is 6.12. The summed E-state index contributed by atoms with van der Waals surface area (Å²) in [7, 11) is 0. The van der Waals surface area contributed by atoms with Crippen LogP contribution < -0.4 is 5.73 Å². The quantitative estimate of drug-likeness (QED) is 0.741. The third-order valence-corrected chi connectivity index (χ3v) is 4.82. The molecule has 4 fully saturated rings. The Morgan fingerprint density at radius 3 is 2.06 bits per heavy atom. The summed E-state index contributed by atoms with van der Waals surface area (Å²) in [5, 5.41) is 0. The fourth-order valence-corrected chi connectivity index (χ4v) is 4.67. The van der Waals surface area contributed by atoms with Crippen LogP contribution in [-0.4, -0.2) is 19.1 Å². The van der Waals surface area contributed by atoms with Gasteiger partial charge in [-0.3, -0.25) is 4.79 Å². The largest absolute Gasteiger partial charge is 0.464 e. The maximum absolute atomic E-state index is 12.2. The van der Waals surface area contributed by atoms with E-state index in [9.17, 15) is 4.79 Å². The number of esters is 1. The minimum absolute atomic E-state index is 0.0528. The summed E-state index contributed by atoms with van der Waals surface area (Å²) in [6.45, 7) is 0.832. The highest BCUT2D eigenvalue weighted by Crippen LogP contribution is 2.60. The number of carbonyl (C=O) groups is 1. The Hall–Kier alpha value is -0.570. The molecule has 3 heteroatoms. The van der Waals surface area contributed by atoms with E-state index in [2.05, 4.69) is 0 Å². The van der Waals surface area contributed by atoms with Gasteiger partial charge in [0.2, 0.25) is 0 Å². The summed E-state index contributed by atoms with van der Waals surface area (Å²) in [5.41, 5.74) is 5.28. The van der Waals surface area contributed by atoms with Crippen molar-refractivity contribution in [2.75, 3.05) is 13.2 Å². The first-order valence-electron chi connectivity index (χ1n) is 6.59. The van der Waals surface area contributed by atoms with Crippen LogP contribution in [0.4, 0.5) is 0 Å². The molecule has 0 aliphatic heterocycles. The topological polar surface area (TPSA) is 52.3 Å². The lowest BCUT2D eigenvalue weighted by atomic mass is 9.49. The highest BCUT2D eigenvalue weighted by atomic mass is 16.5. The first kappa shape index (κ1) is 10.6. The van der Waals surface area contributed by atoms with Crippen molar-refractivity contribution in [2.45, 2.75) is 38.5 Å². The van der Waals surface area contributed by atoms with Gasteiger partial charge in [-0.05, 0) is 56.3 Å². The van der Waals surface area contributed by atoms with Gasteiger partial charge in [-0.2, -0.15) is 0 Å². The Morgan fingerprint density at radius 1 is 1.12 bits per heavy atom. The molecule has 0 unspecified atom stereocenters. The molecule has 0 aromatic rings. The molecule has 0 spiro atoms. The van der Waals surface area contributed by atoms with E-state index in [0.29, 0.717) is 13.2 Å². The molecule has 16 heavy (non-hydrogen) atoms. The van der Waals surface area contributed by atoms with Crippen LogP contribution in [0.25, 0.3) is 0 Å². The van der Waals surface area contributed by atoms with Gasteiger partial charge in [0, 0.05) is 6.54 Å². The van der Waals surface area contributed by atoms with Crippen LogP contribution in [0.3, 0.4) is 0 Å². The van der Waals surface area contributed by atoms with Crippen LogP contribution in [0.2, 0.25) is 0 Å². The third kappa shape index (κ3) is 1.56. The average molecular weight is 223 g/mol. The van der Waals surface area contributed by atoms with Crippen molar-refractivity contribution < 1.29 is 9.53 Å². The van der Waals surface area contributed by atoms with E-state index in [-0.39, 0.29) is 11.4 Å². The monoisotopic (exact) mass is 223 g/mol. The van der Waals surface area contributed by atoms with E-state index in [1.807, 2.05) is 0 Å². The van der Waals surface area contributed by atoms with Crippen molar-refractivity contribution in [3.63, 3.8) is 0 Å². The first-order chi connectivity index (χ1) is 7.72. The fourth-order valence-electron chi connectivity index (χ4n) is 4.67. The Balaban J connectivity index is 1.75. The number of hydrogen-bond donors (Lipinski definition) is 1. The summed E-state index contributed by atoms with van der Waals surface area (Å²) in [6, 6.07) is 0. The van der Waals surface area contributed by atoms with Crippen LogP contribution >= 0.6 is 0 Å². The number of nitrogens with two attached hydrogens (primary N) is 1. The molecular weight excluding hydrogens is 202 g/mol. The second kappa shape index (κ2) is 3.73. The summed E-state index contributed by atoms with van der Waals surface area (Å²) >= 11 is 0. The van der Waals surface area contributed by atoms with Gasteiger partial charge >= 0.3 is 5.97 Å². The van der Waals surface area contributed by atoms with Crippen molar-refractivity contribution in [2.24, 2.45) is 28.9 Å². The Labute approximate surface area is 96.7 Å². The zero-order valence-corrected chi connectivity index (χ0v) is 9.78. The molecule has 0 radical (unpaired) electrons. The lowest BCUT2D eigenvalue weighted by Gasteiger charge is -2.55. The maximum atomic E-state index is 12.2. The molecule has 4 aliphatic carbocycles. The van der Waals surface area contributed by atoms with Crippen molar-refractivity contribution in [1.29, 1.82) is 0 Å². The van der Waals surface area contributed by atoms with Gasteiger partial charge in [-0.15, -0.1) is 0 Å². The smallest absolute Gasteiger partial charge is 0.312 e. The van der Waals surface area contributed by atoms with Crippen molar-refractivity contribution in [3.8, 4) is 0 Å². The molecule has 0 heterocycles. The van der Waals surface area contributed by atoms with Gasteiger partial charge in [-0.1, -0.05) is 0 Å². The number of rotatable bonds is 3. The van der Waals surface area contributed by atoms with Gasteiger partial charge in [0.25, 0.3) is 0 Å². The van der Waals surface area contributed by atoms with Crippen LogP contribution in [0.15, 0.2) is 0 Å². The van der Waals surface area contributed by atoms with Crippen LogP contribution in [0.1, 0.15) is 38.5 Å². The van der Waals surface area contributed by atoms with E-state index in [4.69, 9.17) is 10.5 Å². The number of carbonyl (C=O) groups excluding carboxylic acids is 1. The number of hydrogen-bond acceptors (Lipinski definition) is 3. The SMILES string of the molecule is NCCOC(=O)C12CC3CC(CC(C3)C1)C2. The molecule has 4 aliphatic rings. The molecule has 0 saturated heterocycles. The summed E-state index contributed by atoms with van der Waals surface area (Å²) in [6.07, 6.45) is 7.35. The highest BCUT2D eigenvalue weighted by molar-refractivity contribution is 5.77. The lowest BCUT2D eigenvalue weighted by Crippen LogP contribution is -2.50. The van der Waals surface area contributed by atoms with Crippen molar-refractivity contribution in [3.05, 3.63) is 0 Å². The van der Waals surface area contributed by atoms with E-state index in [1.54, 1.807) is 0 Å². The predicted molar refractivity (Wildman–Crippen MR) is 60.6 cm³/mol. The van der Waals surface area contributed by atoms with Crippen molar-refractivity contribution in [1.82, 2.24) is 0 Å². The Kier molecular flexibility index (Phi) is 2.46. The molecule has 0 amide bonds. The molecule has 0 aromatic carbocycles. The van der Waals surface area contributed by atoms with Crippen LogP contribution in [0, 0.1) is 23.2 Å². The highest BCUT2D eigenvalue weighted by Gasteiger charge is 2.55. The van der Waals surface area contributed by atoms with E-state index in [0.717, 1.165) is 37.0 Å². The lowest BCUT2D eigenvalue weighted by molar-refractivity contribution is -0.171. The Morgan fingerprint density at radius 2 is 1.62 bits per heavy atom. The zero-order valence-electron chi connectivity index (χ0n) is 9.78. The molecule has 4 bridgehead atoms. The fraction of sp³-hybridized carbons (Fsp3) is 0.923. The average Bonchev–Trinajstić information content (AvgIpc) is 2.24. The van der Waals surface area contributed by atoms with Crippen molar-refractivity contribution >= 4 is 5.97 Å². The molecule has 0 aromatic heterocycles. The summed E-state index contributed by atoms with van der Waals surface area (Å²) < 4.78 is 5.31. The van der Waals surface area contributed by atoms with E-state index in [1.165, 1.54) is 19.3 Å². The molecule has 3 nitrogen and oxygen atoms in total. The molecule has 2 N–H and O–H groups in total. The molecular formula is C13H21NO2. The van der Waals surface area contributed by atoms with E-state index < -0.39 is 0 Å². The minimum atomic E-state index is -0.107. The minimum Gasteiger partial charge on any atom is -0.464 e. The first-order valence-corrected chi connectivity index (χ1v) is 6.59. The Bertz CT molecular complexity index is 265. The normalized spacial score (nSPS) is 44.7. The summed E-state index contributed by atoms with van der Waals surface area (Å²) in [5.74, 6) is 2.46. The predicted octanol–water partition coefficient (Wildman–Crippen LogP) is 1.70. The molecule has 90 valence electrons. The van der Waals surface area contributed by atoms with Gasteiger partial charge in [0.05, 0.1) is 5.41 Å². The number of ether oxygens (including phenoxy) is 1. The van der Waals surface area contributed by atoms with E-state index >= 15 is 0 Å². The zero-order chi connectivity index (χ0) is 11.2. The molecule has 4 rings (SSSR count). The summed E-state index contributed by atoms with van der Waals surface area (Å²) in [4.78, 5) is 12.2. The van der Waals surface area contributed by atoms with Gasteiger partial charge in [0.1, 0.15) is 6.61 Å². The van der Waals surface area contributed by atoms with Crippen LogP contribution in [0.5, 0.6) is 0 Å². The maximum Gasteiger partial charge on any atom is 0.312 e. The molecule has 0 atom stereocenters. The van der Waals surface area contributed by atoms with Crippen LogP contribution in [-0.2, 0) is 9.53 Å². The molecule has 4 saturated carbocycles. The third-order valence-electron chi connectivity index (χ3n) is 4.82. The van der Waals surface area contributed by atoms with Gasteiger partial charge in [0.15, 0.2) is 0 Å². The van der Waals surface area contributed by atoms with Gasteiger partial charge < -0.3 is 10.5 Å². The van der Waals surface area contributed by atoms with Gasteiger partial charge in [-0.25, -0.2) is 0 Å².